The van der Waals surface area contributed by atoms with Gasteiger partial charge in [-0.1, -0.05) is 13.3 Å². The lowest BCUT2D eigenvalue weighted by Crippen LogP contribution is -2.42. The van der Waals surface area contributed by atoms with E-state index in [1.807, 2.05) is 0 Å². The van der Waals surface area contributed by atoms with Crippen molar-refractivity contribution in [1.82, 2.24) is 10.2 Å². The van der Waals surface area contributed by atoms with Gasteiger partial charge in [0.15, 0.2) is 0 Å². The minimum Gasteiger partial charge on any atom is -0.396 e. The number of likely N-dealkylation sites (tertiary alicyclic amines) is 1. The van der Waals surface area contributed by atoms with E-state index >= 15 is 0 Å². The van der Waals surface area contributed by atoms with E-state index < -0.39 is 0 Å². The molecule has 0 saturated carbocycles. The number of unbranched alkanes of at least 4 members (excludes halogenated alkanes) is 1. The van der Waals surface area contributed by atoms with Crippen molar-refractivity contribution >= 4 is 5.91 Å². The van der Waals surface area contributed by atoms with Gasteiger partial charge in [-0.15, -0.1) is 0 Å². The van der Waals surface area contributed by atoms with Crippen molar-refractivity contribution in [1.29, 1.82) is 0 Å². The summed E-state index contributed by atoms with van der Waals surface area (Å²) in [5.41, 5.74) is 0. The fourth-order valence-electron chi connectivity index (χ4n) is 2.38. The van der Waals surface area contributed by atoms with Crippen molar-refractivity contribution in [3.05, 3.63) is 0 Å². The third-order valence-electron chi connectivity index (χ3n) is 3.36. The second kappa shape index (κ2) is 8.48. The fraction of sp³-hybridized carbons (Fsp3) is 0.923. The molecule has 0 spiro atoms. The monoisotopic (exact) mass is 242 g/mol. The lowest BCUT2D eigenvalue weighted by atomic mass is 9.95. The topological polar surface area (TPSA) is 52.6 Å². The zero-order valence-corrected chi connectivity index (χ0v) is 11.0. The van der Waals surface area contributed by atoms with E-state index in [0.29, 0.717) is 12.5 Å². The van der Waals surface area contributed by atoms with Crippen LogP contribution in [0.2, 0.25) is 0 Å². The summed E-state index contributed by atoms with van der Waals surface area (Å²) in [7, 11) is 0. The highest BCUT2D eigenvalue weighted by molar-refractivity contribution is 5.77. The number of nitrogens with one attached hydrogen (secondary N) is 1. The van der Waals surface area contributed by atoms with Crippen LogP contribution in [0.25, 0.3) is 0 Å². The highest BCUT2D eigenvalue weighted by Crippen LogP contribution is 2.18. The zero-order valence-electron chi connectivity index (χ0n) is 11.0. The summed E-state index contributed by atoms with van der Waals surface area (Å²) >= 11 is 0. The van der Waals surface area contributed by atoms with Crippen LogP contribution in [0.15, 0.2) is 0 Å². The van der Waals surface area contributed by atoms with E-state index in [9.17, 15) is 4.79 Å². The van der Waals surface area contributed by atoms with Crippen LogP contribution in [0, 0.1) is 5.92 Å². The Bertz CT molecular complexity index is 219. The quantitative estimate of drug-likeness (QED) is 0.655. The van der Waals surface area contributed by atoms with E-state index in [-0.39, 0.29) is 12.5 Å². The third-order valence-corrected chi connectivity index (χ3v) is 3.36. The smallest absolute Gasteiger partial charge is 0.234 e. The van der Waals surface area contributed by atoms with Gasteiger partial charge >= 0.3 is 0 Å². The van der Waals surface area contributed by atoms with E-state index in [2.05, 4.69) is 17.1 Å². The van der Waals surface area contributed by atoms with Gasteiger partial charge in [0.05, 0.1) is 6.54 Å². The van der Waals surface area contributed by atoms with Crippen molar-refractivity contribution in [2.24, 2.45) is 5.92 Å². The standard InChI is InChI=1S/C13H26N2O2/c1-2-3-7-14-13(17)11-15-8-4-5-12(10-15)6-9-16/h12,16H,2-11H2,1H3,(H,14,17). The summed E-state index contributed by atoms with van der Waals surface area (Å²) in [4.78, 5) is 13.9. The van der Waals surface area contributed by atoms with Crippen LogP contribution in [-0.4, -0.2) is 48.7 Å². The molecule has 0 aliphatic carbocycles. The number of carbonyl (C=O) groups is 1. The van der Waals surface area contributed by atoms with Crippen LogP contribution in [0.5, 0.6) is 0 Å². The normalized spacial score (nSPS) is 21.4. The second-order valence-electron chi connectivity index (χ2n) is 4.96. The Morgan fingerprint density at radius 1 is 1.53 bits per heavy atom. The van der Waals surface area contributed by atoms with Gasteiger partial charge in [-0.3, -0.25) is 9.69 Å². The Hall–Kier alpha value is -0.610. The first-order valence-corrected chi connectivity index (χ1v) is 6.86. The molecule has 1 rings (SSSR count). The minimum absolute atomic E-state index is 0.142. The molecule has 1 heterocycles. The molecule has 100 valence electrons. The predicted octanol–water partition coefficient (Wildman–Crippen LogP) is 0.997. The summed E-state index contributed by atoms with van der Waals surface area (Å²) in [5.74, 6) is 0.709. The number of nitrogens with zero attached hydrogens (tertiary/aromatic N) is 1. The molecule has 0 bridgehead atoms. The molecule has 1 aliphatic heterocycles. The molecular formula is C13H26N2O2. The van der Waals surface area contributed by atoms with Crippen LogP contribution < -0.4 is 5.32 Å². The molecule has 17 heavy (non-hydrogen) atoms. The van der Waals surface area contributed by atoms with Crippen molar-refractivity contribution in [3.8, 4) is 0 Å². The Morgan fingerprint density at radius 2 is 2.35 bits per heavy atom. The maximum Gasteiger partial charge on any atom is 0.234 e. The number of carbonyl (C=O) groups excluding carboxylic acids is 1. The van der Waals surface area contributed by atoms with Crippen LogP contribution in [0.1, 0.15) is 39.0 Å². The van der Waals surface area contributed by atoms with Crippen LogP contribution >= 0.6 is 0 Å². The number of rotatable bonds is 7. The zero-order chi connectivity index (χ0) is 12.5. The second-order valence-corrected chi connectivity index (χ2v) is 4.96. The number of hydrogen-bond acceptors (Lipinski definition) is 3. The van der Waals surface area contributed by atoms with Gasteiger partial charge in [0.25, 0.3) is 0 Å². The van der Waals surface area contributed by atoms with Gasteiger partial charge in [0, 0.05) is 19.7 Å². The molecular weight excluding hydrogens is 216 g/mol. The highest BCUT2D eigenvalue weighted by Gasteiger charge is 2.20. The number of aliphatic hydroxyl groups excluding tert-OH is 1. The number of aliphatic hydroxyl groups is 1. The number of piperidine rings is 1. The Kier molecular flexibility index (Phi) is 7.21. The molecule has 0 aromatic carbocycles. The minimum atomic E-state index is 0.142. The molecule has 1 unspecified atom stereocenters. The summed E-state index contributed by atoms with van der Waals surface area (Å²) in [6.45, 7) is 5.68. The Labute approximate surface area is 104 Å². The lowest BCUT2D eigenvalue weighted by Gasteiger charge is -2.31. The molecule has 1 amide bonds. The summed E-state index contributed by atoms with van der Waals surface area (Å²) in [5, 5.41) is 11.9. The van der Waals surface area contributed by atoms with Crippen molar-refractivity contribution in [2.45, 2.75) is 39.0 Å². The van der Waals surface area contributed by atoms with Crippen molar-refractivity contribution < 1.29 is 9.90 Å². The highest BCUT2D eigenvalue weighted by atomic mass is 16.3. The van der Waals surface area contributed by atoms with Crippen LogP contribution in [0.3, 0.4) is 0 Å². The third kappa shape index (κ3) is 6.03. The van der Waals surface area contributed by atoms with Gasteiger partial charge in [0.1, 0.15) is 0 Å². The molecule has 0 aromatic heterocycles. The molecule has 1 saturated heterocycles. The molecule has 0 radical (unpaired) electrons. The first kappa shape index (κ1) is 14.5. The van der Waals surface area contributed by atoms with Gasteiger partial charge < -0.3 is 10.4 Å². The summed E-state index contributed by atoms with van der Waals surface area (Å²) in [6, 6.07) is 0. The van der Waals surface area contributed by atoms with Crippen LogP contribution in [-0.2, 0) is 4.79 Å². The lowest BCUT2D eigenvalue weighted by molar-refractivity contribution is -0.122. The fourth-order valence-corrected chi connectivity index (χ4v) is 2.38. The van der Waals surface area contributed by atoms with Gasteiger partial charge in [-0.05, 0) is 38.1 Å². The summed E-state index contributed by atoms with van der Waals surface area (Å²) < 4.78 is 0. The van der Waals surface area contributed by atoms with Crippen LogP contribution in [0.4, 0.5) is 0 Å². The van der Waals surface area contributed by atoms with Gasteiger partial charge in [-0.25, -0.2) is 0 Å². The average molecular weight is 242 g/mol. The SMILES string of the molecule is CCCCNC(=O)CN1CCCC(CCO)C1. The number of hydrogen-bond donors (Lipinski definition) is 2. The maximum atomic E-state index is 11.6. The molecule has 2 N–H and O–H groups in total. The maximum absolute atomic E-state index is 11.6. The molecule has 1 fully saturated rings. The summed E-state index contributed by atoms with van der Waals surface area (Å²) in [6.07, 6.45) is 5.37. The van der Waals surface area contributed by atoms with E-state index in [1.54, 1.807) is 0 Å². The molecule has 1 atom stereocenters. The van der Waals surface area contributed by atoms with Crippen molar-refractivity contribution in [2.75, 3.05) is 32.8 Å². The number of amides is 1. The van der Waals surface area contributed by atoms with Gasteiger partial charge in [-0.2, -0.15) is 0 Å². The van der Waals surface area contributed by atoms with E-state index in [0.717, 1.165) is 45.3 Å². The molecule has 4 heteroatoms. The average Bonchev–Trinajstić information content (AvgIpc) is 2.30. The first-order valence-electron chi connectivity index (χ1n) is 6.86. The van der Waals surface area contributed by atoms with E-state index in [1.165, 1.54) is 6.42 Å². The predicted molar refractivity (Wildman–Crippen MR) is 68.8 cm³/mol. The molecule has 0 aromatic rings. The Morgan fingerprint density at radius 3 is 3.06 bits per heavy atom. The first-order chi connectivity index (χ1) is 8.26. The van der Waals surface area contributed by atoms with Gasteiger partial charge in [0.2, 0.25) is 5.91 Å². The van der Waals surface area contributed by atoms with Crippen molar-refractivity contribution in [3.63, 3.8) is 0 Å². The molecule has 4 nitrogen and oxygen atoms in total. The van der Waals surface area contributed by atoms with E-state index in [4.69, 9.17) is 5.11 Å². The molecule has 1 aliphatic rings. The Balaban J connectivity index is 2.18. The largest absolute Gasteiger partial charge is 0.396 e.